The van der Waals surface area contributed by atoms with E-state index in [9.17, 15) is 4.79 Å². The van der Waals surface area contributed by atoms with Gasteiger partial charge in [0.25, 0.3) is 0 Å². The first-order chi connectivity index (χ1) is 5.24. The molecular formula is C7H9NO2S. The Balaban J connectivity index is 2.73. The van der Waals surface area contributed by atoms with Gasteiger partial charge in [0.1, 0.15) is 10.7 Å². The molecule has 0 amide bonds. The van der Waals surface area contributed by atoms with E-state index in [-0.39, 0.29) is 5.78 Å². The van der Waals surface area contributed by atoms with Gasteiger partial charge in [-0.1, -0.05) is 0 Å². The summed E-state index contributed by atoms with van der Waals surface area (Å²) in [7, 11) is 1.61. The molecule has 0 saturated heterocycles. The third-order valence-corrected chi connectivity index (χ3v) is 2.00. The van der Waals surface area contributed by atoms with Gasteiger partial charge in [0.05, 0.1) is 6.61 Å². The third kappa shape index (κ3) is 2.10. The Bertz CT molecular complexity index is 257. The highest BCUT2D eigenvalue weighted by atomic mass is 32.1. The molecule has 0 aliphatic heterocycles. The van der Waals surface area contributed by atoms with Crippen molar-refractivity contribution in [3.05, 3.63) is 16.1 Å². The molecule has 0 bridgehead atoms. The molecule has 1 heterocycles. The van der Waals surface area contributed by atoms with E-state index >= 15 is 0 Å². The zero-order chi connectivity index (χ0) is 8.27. The Kier molecular flexibility index (Phi) is 2.73. The number of aromatic nitrogens is 1. The molecule has 0 aliphatic carbocycles. The van der Waals surface area contributed by atoms with Crippen LogP contribution < -0.4 is 0 Å². The van der Waals surface area contributed by atoms with Gasteiger partial charge in [-0.05, 0) is 0 Å². The van der Waals surface area contributed by atoms with Crippen LogP contribution in [0.15, 0.2) is 5.38 Å². The van der Waals surface area contributed by atoms with Gasteiger partial charge in [-0.3, -0.25) is 4.79 Å². The number of hydrogen-bond acceptors (Lipinski definition) is 4. The Morgan fingerprint density at radius 3 is 3.00 bits per heavy atom. The predicted molar refractivity (Wildman–Crippen MR) is 42.8 cm³/mol. The molecule has 1 aromatic rings. The number of carbonyl (C=O) groups excluding carboxylic acids is 1. The number of carbonyl (C=O) groups is 1. The van der Waals surface area contributed by atoms with Crippen molar-refractivity contribution in [1.29, 1.82) is 0 Å². The second-order valence-corrected chi connectivity index (χ2v) is 3.06. The average molecular weight is 171 g/mol. The van der Waals surface area contributed by atoms with E-state index < -0.39 is 0 Å². The molecule has 0 spiro atoms. The van der Waals surface area contributed by atoms with Gasteiger partial charge in [-0.25, -0.2) is 4.98 Å². The highest BCUT2D eigenvalue weighted by Gasteiger charge is 2.04. The van der Waals surface area contributed by atoms with Crippen LogP contribution in [0.5, 0.6) is 0 Å². The van der Waals surface area contributed by atoms with Crippen LogP contribution in [0.2, 0.25) is 0 Å². The summed E-state index contributed by atoms with van der Waals surface area (Å²) in [5.74, 6) is 0.00334. The highest BCUT2D eigenvalue weighted by molar-refractivity contribution is 7.09. The molecule has 0 aliphatic rings. The van der Waals surface area contributed by atoms with E-state index in [1.165, 1.54) is 18.3 Å². The smallest absolute Gasteiger partial charge is 0.178 e. The standard InChI is InChI=1S/C7H9NO2S/c1-5(9)6-4-11-7(8-6)3-10-2/h4H,3H2,1-2H3. The quantitative estimate of drug-likeness (QED) is 0.647. The summed E-state index contributed by atoms with van der Waals surface area (Å²) in [4.78, 5) is 14.8. The van der Waals surface area contributed by atoms with Crippen LogP contribution in [-0.4, -0.2) is 17.9 Å². The maximum atomic E-state index is 10.8. The number of methoxy groups -OCH3 is 1. The van der Waals surface area contributed by atoms with E-state index in [0.717, 1.165) is 5.01 Å². The van der Waals surface area contributed by atoms with E-state index in [0.29, 0.717) is 12.3 Å². The van der Waals surface area contributed by atoms with Crippen LogP contribution >= 0.6 is 11.3 Å². The van der Waals surface area contributed by atoms with Crippen LogP contribution in [0.1, 0.15) is 22.4 Å². The Morgan fingerprint density at radius 1 is 1.82 bits per heavy atom. The number of Topliss-reactive ketones (excluding diaryl/α,β-unsaturated/α-hetero) is 1. The van der Waals surface area contributed by atoms with E-state index in [4.69, 9.17) is 4.74 Å². The fraction of sp³-hybridized carbons (Fsp3) is 0.429. The molecule has 0 unspecified atom stereocenters. The molecular weight excluding hydrogens is 162 g/mol. The molecule has 0 fully saturated rings. The van der Waals surface area contributed by atoms with Gasteiger partial charge in [0, 0.05) is 19.4 Å². The van der Waals surface area contributed by atoms with Crippen molar-refractivity contribution in [2.45, 2.75) is 13.5 Å². The molecule has 3 nitrogen and oxygen atoms in total. The van der Waals surface area contributed by atoms with Gasteiger partial charge in [-0.15, -0.1) is 11.3 Å². The first-order valence-electron chi connectivity index (χ1n) is 3.18. The minimum absolute atomic E-state index is 0.00334. The second kappa shape index (κ2) is 3.59. The second-order valence-electron chi connectivity index (χ2n) is 2.12. The lowest BCUT2D eigenvalue weighted by Gasteiger charge is -1.89. The first kappa shape index (κ1) is 8.36. The Morgan fingerprint density at radius 2 is 2.55 bits per heavy atom. The van der Waals surface area contributed by atoms with Crippen molar-refractivity contribution < 1.29 is 9.53 Å². The Labute approximate surface area is 69.0 Å². The minimum Gasteiger partial charge on any atom is -0.378 e. The van der Waals surface area contributed by atoms with Crippen molar-refractivity contribution in [2.75, 3.05) is 7.11 Å². The zero-order valence-corrected chi connectivity index (χ0v) is 7.27. The first-order valence-corrected chi connectivity index (χ1v) is 4.06. The van der Waals surface area contributed by atoms with Crippen LogP contribution in [0.4, 0.5) is 0 Å². The minimum atomic E-state index is 0.00334. The number of nitrogens with zero attached hydrogens (tertiary/aromatic N) is 1. The number of hydrogen-bond donors (Lipinski definition) is 0. The van der Waals surface area contributed by atoms with Gasteiger partial charge in [-0.2, -0.15) is 0 Å². The maximum absolute atomic E-state index is 10.8. The van der Waals surface area contributed by atoms with Crippen LogP contribution in [0.3, 0.4) is 0 Å². The fourth-order valence-corrected chi connectivity index (χ4v) is 1.47. The lowest BCUT2D eigenvalue weighted by molar-refractivity contribution is 0.101. The Hall–Kier alpha value is -0.740. The highest BCUT2D eigenvalue weighted by Crippen LogP contribution is 2.10. The summed E-state index contributed by atoms with van der Waals surface area (Å²) in [6.07, 6.45) is 0. The SMILES string of the molecule is COCc1nc(C(C)=O)cs1. The topological polar surface area (TPSA) is 39.2 Å². The number of rotatable bonds is 3. The van der Waals surface area contributed by atoms with E-state index in [2.05, 4.69) is 4.98 Å². The largest absolute Gasteiger partial charge is 0.378 e. The van der Waals surface area contributed by atoms with Gasteiger partial charge in [0.2, 0.25) is 0 Å². The van der Waals surface area contributed by atoms with Crippen molar-refractivity contribution in [3.8, 4) is 0 Å². The van der Waals surface area contributed by atoms with Crippen molar-refractivity contribution in [2.24, 2.45) is 0 Å². The molecule has 4 heteroatoms. The number of ketones is 1. The van der Waals surface area contributed by atoms with Crippen molar-refractivity contribution in [3.63, 3.8) is 0 Å². The maximum Gasteiger partial charge on any atom is 0.178 e. The zero-order valence-electron chi connectivity index (χ0n) is 6.46. The molecule has 0 N–H and O–H groups in total. The third-order valence-electron chi connectivity index (χ3n) is 1.18. The predicted octanol–water partition coefficient (Wildman–Crippen LogP) is 1.49. The van der Waals surface area contributed by atoms with Crippen LogP contribution in [0.25, 0.3) is 0 Å². The molecule has 1 aromatic heterocycles. The number of thiazole rings is 1. The number of ether oxygens (including phenoxy) is 1. The summed E-state index contributed by atoms with van der Waals surface area (Å²) >= 11 is 1.45. The van der Waals surface area contributed by atoms with Crippen molar-refractivity contribution in [1.82, 2.24) is 4.98 Å². The molecule has 0 saturated carbocycles. The lowest BCUT2D eigenvalue weighted by atomic mass is 10.4. The van der Waals surface area contributed by atoms with Crippen molar-refractivity contribution >= 4 is 17.1 Å². The van der Waals surface area contributed by atoms with E-state index in [1.54, 1.807) is 12.5 Å². The summed E-state index contributed by atoms with van der Waals surface area (Å²) in [5.41, 5.74) is 0.530. The molecule has 0 atom stereocenters. The van der Waals surface area contributed by atoms with E-state index in [1.807, 2.05) is 0 Å². The summed E-state index contributed by atoms with van der Waals surface area (Å²) in [5, 5.41) is 2.59. The summed E-state index contributed by atoms with van der Waals surface area (Å²) < 4.78 is 4.86. The normalized spacial score (nSPS) is 10.0. The van der Waals surface area contributed by atoms with Crippen LogP contribution in [-0.2, 0) is 11.3 Å². The molecule has 0 aromatic carbocycles. The molecule has 0 radical (unpaired) electrons. The summed E-state index contributed by atoms with van der Waals surface area (Å²) in [6, 6.07) is 0. The molecule has 11 heavy (non-hydrogen) atoms. The lowest BCUT2D eigenvalue weighted by Crippen LogP contribution is -1.93. The summed E-state index contributed by atoms with van der Waals surface area (Å²) in [6.45, 7) is 1.99. The van der Waals surface area contributed by atoms with Gasteiger partial charge in [0.15, 0.2) is 5.78 Å². The van der Waals surface area contributed by atoms with Gasteiger partial charge < -0.3 is 4.74 Å². The fourth-order valence-electron chi connectivity index (χ4n) is 0.662. The van der Waals surface area contributed by atoms with Gasteiger partial charge >= 0.3 is 0 Å². The van der Waals surface area contributed by atoms with Crippen LogP contribution in [0, 0.1) is 0 Å². The monoisotopic (exact) mass is 171 g/mol. The molecule has 1 rings (SSSR count). The average Bonchev–Trinajstić information content (AvgIpc) is 2.37. The molecule has 60 valence electrons.